The quantitative estimate of drug-likeness (QED) is 0.253. The second-order valence-corrected chi connectivity index (χ2v) is 7.02. The average molecular weight is 476 g/mol. The fourth-order valence-corrected chi connectivity index (χ4v) is 3.01. The lowest BCUT2D eigenvalue weighted by Gasteiger charge is -2.19. The van der Waals surface area contributed by atoms with Gasteiger partial charge in [-0.25, -0.2) is 22.0 Å². The van der Waals surface area contributed by atoms with Gasteiger partial charge in [0.05, 0.1) is 0 Å². The van der Waals surface area contributed by atoms with Crippen LogP contribution in [0.25, 0.3) is 11.1 Å². The summed E-state index contributed by atoms with van der Waals surface area (Å²) < 4.78 is 119. The minimum atomic E-state index is -4.08. The molecule has 0 fully saturated rings. The number of rotatable bonds is 8. The molecule has 0 saturated carbocycles. The normalized spacial score (nSPS) is 11.5. The smallest absolute Gasteiger partial charge is 0.433 e. The van der Waals surface area contributed by atoms with E-state index < -0.39 is 64.7 Å². The van der Waals surface area contributed by atoms with E-state index in [1.165, 1.54) is 6.07 Å². The van der Waals surface area contributed by atoms with E-state index in [1.54, 1.807) is 6.92 Å². The molecular weight excluding hydrogens is 460 g/mol. The third-order valence-corrected chi connectivity index (χ3v) is 4.54. The molecule has 0 aliphatic rings. The number of ether oxygens (including phenoxy) is 2. The lowest BCUT2D eigenvalue weighted by Crippen LogP contribution is -2.32. The van der Waals surface area contributed by atoms with Gasteiger partial charge in [0.2, 0.25) is 5.82 Å². The summed E-state index contributed by atoms with van der Waals surface area (Å²) in [5.41, 5.74) is -0.694. The number of halogens is 8. The first-order valence-corrected chi connectivity index (χ1v) is 9.63. The van der Waals surface area contributed by atoms with Crippen molar-refractivity contribution in [2.45, 2.75) is 25.9 Å². The Labute approximate surface area is 183 Å². The van der Waals surface area contributed by atoms with Crippen LogP contribution in [-0.4, -0.2) is 12.7 Å². The molecule has 0 aliphatic carbocycles. The van der Waals surface area contributed by atoms with Crippen LogP contribution in [0.3, 0.4) is 0 Å². The predicted octanol–water partition coefficient (Wildman–Crippen LogP) is 7.19. The topological polar surface area (TPSA) is 18.5 Å². The fraction of sp³-hybridized carbons (Fsp3) is 0.217. The molecule has 0 aliphatic heterocycles. The maximum atomic E-state index is 14.3. The second kappa shape index (κ2) is 9.68. The summed E-state index contributed by atoms with van der Waals surface area (Å²) in [5.74, 6) is -10.1. The highest BCUT2D eigenvalue weighted by atomic mass is 19.3. The Morgan fingerprint density at radius 2 is 1.42 bits per heavy atom. The number of alkyl halides is 2. The van der Waals surface area contributed by atoms with Crippen molar-refractivity contribution in [1.29, 1.82) is 0 Å². The Balaban J connectivity index is 1.73. The lowest BCUT2D eigenvalue weighted by atomic mass is 10.0. The molecule has 0 N–H and O–H groups in total. The van der Waals surface area contributed by atoms with Crippen LogP contribution in [-0.2, 0) is 6.42 Å². The van der Waals surface area contributed by atoms with E-state index in [0.29, 0.717) is 24.6 Å². The number of aryl methyl sites for hydroxylation is 1. The molecule has 176 valence electrons. The van der Waals surface area contributed by atoms with Gasteiger partial charge in [0.1, 0.15) is 11.6 Å². The van der Waals surface area contributed by atoms with Crippen LogP contribution in [0.15, 0.2) is 42.5 Å². The van der Waals surface area contributed by atoms with Crippen LogP contribution in [0.2, 0.25) is 0 Å². The minimum absolute atomic E-state index is 0.0712. The molecule has 0 amide bonds. The molecular formula is C23H16F8O2. The van der Waals surface area contributed by atoms with Gasteiger partial charge in [-0.2, -0.15) is 13.2 Å². The van der Waals surface area contributed by atoms with Crippen molar-refractivity contribution in [1.82, 2.24) is 0 Å². The minimum Gasteiger partial charge on any atom is -0.480 e. The molecule has 0 radical (unpaired) electrons. The van der Waals surface area contributed by atoms with Crippen LogP contribution >= 0.6 is 0 Å². The molecule has 0 bridgehead atoms. The Hall–Kier alpha value is -3.30. The summed E-state index contributed by atoms with van der Waals surface area (Å²) >= 11 is 0. The van der Waals surface area contributed by atoms with Crippen molar-refractivity contribution in [3.05, 3.63) is 82.9 Å². The van der Waals surface area contributed by atoms with Gasteiger partial charge in [0, 0.05) is 11.6 Å². The van der Waals surface area contributed by atoms with Gasteiger partial charge < -0.3 is 9.47 Å². The summed E-state index contributed by atoms with van der Waals surface area (Å²) in [6, 6.07) is 5.60. The largest absolute Gasteiger partial charge is 0.480 e. The second-order valence-electron chi connectivity index (χ2n) is 7.02. The van der Waals surface area contributed by atoms with E-state index in [2.05, 4.69) is 9.47 Å². The standard InChI is InChI=1S/C23H16F8O2/c1-2-3-12-4-7-19(22(29)20(12)27)32-11-23(30,31)33-14-5-6-15(16(24)10-14)13-8-17(25)21(28)18(26)9-13/h4-10H,2-3,11H2,1H3. The van der Waals surface area contributed by atoms with Crippen LogP contribution in [0.4, 0.5) is 35.1 Å². The summed E-state index contributed by atoms with van der Waals surface area (Å²) in [5, 5.41) is 0. The number of benzene rings is 3. The van der Waals surface area contributed by atoms with E-state index in [4.69, 9.17) is 0 Å². The predicted molar refractivity (Wildman–Crippen MR) is 103 cm³/mol. The lowest BCUT2D eigenvalue weighted by molar-refractivity contribution is -0.195. The first-order chi connectivity index (χ1) is 15.5. The Kier molecular flexibility index (Phi) is 7.14. The highest BCUT2D eigenvalue weighted by Crippen LogP contribution is 2.31. The monoisotopic (exact) mass is 476 g/mol. The molecule has 3 aromatic carbocycles. The molecule has 33 heavy (non-hydrogen) atoms. The average Bonchev–Trinajstić information content (AvgIpc) is 2.74. The number of hydrogen-bond donors (Lipinski definition) is 0. The molecule has 0 atom stereocenters. The molecule has 0 unspecified atom stereocenters. The van der Waals surface area contributed by atoms with Crippen molar-refractivity contribution >= 4 is 0 Å². The van der Waals surface area contributed by atoms with Gasteiger partial charge in [-0.3, -0.25) is 0 Å². The van der Waals surface area contributed by atoms with Crippen LogP contribution < -0.4 is 9.47 Å². The zero-order valence-corrected chi connectivity index (χ0v) is 17.0. The van der Waals surface area contributed by atoms with Gasteiger partial charge in [-0.1, -0.05) is 19.4 Å². The van der Waals surface area contributed by atoms with Gasteiger partial charge in [-0.15, -0.1) is 0 Å². The first-order valence-electron chi connectivity index (χ1n) is 9.63. The molecule has 3 aromatic rings. The zero-order valence-electron chi connectivity index (χ0n) is 17.0. The maximum Gasteiger partial charge on any atom is 0.433 e. The first kappa shape index (κ1) is 24.3. The number of hydrogen-bond acceptors (Lipinski definition) is 2. The molecule has 0 saturated heterocycles. The van der Waals surface area contributed by atoms with Crippen molar-refractivity contribution < 1.29 is 44.6 Å². The fourth-order valence-electron chi connectivity index (χ4n) is 3.01. The van der Waals surface area contributed by atoms with E-state index in [0.717, 1.165) is 18.2 Å². The molecule has 3 rings (SSSR count). The zero-order chi connectivity index (χ0) is 24.3. The van der Waals surface area contributed by atoms with E-state index >= 15 is 0 Å². The van der Waals surface area contributed by atoms with E-state index in [1.807, 2.05) is 0 Å². The summed E-state index contributed by atoms with van der Waals surface area (Å²) in [7, 11) is 0. The molecule has 0 aromatic heterocycles. The molecule has 10 heteroatoms. The van der Waals surface area contributed by atoms with Crippen molar-refractivity contribution in [2.24, 2.45) is 0 Å². The van der Waals surface area contributed by atoms with E-state index in [-0.39, 0.29) is 17.5 Å². The Bertz CT molecular complexity index is 1140. The Morgan fingerprint density at radius 3 is 2.03 bits per heavy atom. The van der Waals surface area contributed by atoms with Crippen LogP contribution in [0, 0.1) is 34.9 Å². The van der Waals surface area contributed by atoms with Gasteiger partial charge in [0.25, 0.3) is 0 Å². The van der Waals surface area contributed by atoms with Gasteiger partial charge in [-0.05, 0) is 47.9 Å². The SMILES string of the molecule is CCCc1ccc(OCC(F)(F)Oc2ccc(-c3cc(F)c(F)c(F)c3)c(F)c2)c(F)c1F. The molecule has 0 heterocycles. The summed E-state index contributed by atoms with van der Waals surface area (Å²) in [6.45, 7) is 0.236. The van der Waals surface area contributed by atoms with Gasteiger partial charge in [0.15, 0.2) is 35.6 Å². The van der Waals surface area contributed by atoms with Crippen molar-refractivity contribution in [2.75, 3.05) is 6.61 Å². The third-order valence-electron chi connectivity index (χ3n) is 4.54. The van der Waals surface area contributed by atoms with Crippen LogP contribution in [0.5, 0.6) is 11.5 Å². The van der Waals surface area contributed by atoms with E-state index in [9.17, 15) is 35.1 Å². The molecule has 2 nitrogen and oxygen atoms in total. The highest BCUT2D eigenvalue weighted by molar-refractivity contribution is 5.65. The Morgan fingerprint density at radius 1 is 0.758 bits per heavy atom. The summed E-state index contributed by atoms with van der Waals surface area (Å²) in [4.78, 5) is 0. The third kappa shape index (κ3) is 5.55. The summed E-state index contributed by atoms with van der Waals surface area (Å²) in [6.07, 6.45) is -3.28. The van der Waals surface area contributed by atoms with Crippen molar-refractivity contribution in [3.63, 3.8) is 0 Å². The molecule has 0 spiro atoms. The highest BCUT2D eigenvalue weighted by Gasteiger charge is 2.34. The van der Waals surface area contributed by atoms with Crippen LogP contribution in [0.1, 0.15) is 18.9 Å². The van der Waals surface area contributed by atoms with Crippen molar-refractivity contribution in [3.8, 4) is 22.6 Å². The maximum absolute atomic E-state index is 14.3. The van der Waals surface area contributed by atoms with Gasteiger partial charge >= 0.3 is 6.11 Å².